The number of carbonyl (C=O) groups excluding carboxylic acids is 1. The molecule has 0 aliphatic carbocycles. The fourth-order valence-electron chi connectivity index (χ4n) is 1.26. The van der Waals surface area contributed by atoms with Crippen molar-refractivity contribution in [1.29, 1.82) is 0 Å². The summed E-state index contributed by atoms with van der Waals surface area (Å²) in [6, 6.07) is 5.28. The first-order chi connectivity index (χ1) is 8.89. The number of hydrogen-bond donors (Lipinski definition) is 0. The largest absolute Gasteiger partial charge is 0.284 e. The molecule has 1 aromatic carbocycles. The molecule has 0 bridgehead atoms. The third-order valence-electron chi connectivity index (χ3n) is 2.32. The van der Waals surface area contributed by atoms with E-state index in [1.807, 2.05) is 0 Å². The van der Waals surface area contributed by atoms with E-state index in [9.17, 15) is 17.6 Å². The van der Waals surface area contributed by atoms with Crippen molar-refractivity contribution in [2.24, 2.45) is 0 Å². The highest BCUT2D eigenvalue weighted by Gasteiger charge is 2.12. The number of anilines is 1. The van der Waals surface area contributed by atoms with E-state index in [0.717, 1.165) is 28.7 Å². The van der Waals surface area contributed by atoms with Gasteiger partial charge in [-0.15, -0.1) is 0 Å². The smallest absolute Gasteiger partial charge is 0.254 e. The summed E-state index contributed by atoms with van der Waals surface area (Å²) in [6.45, 7) is 4.81. The van der Waals surface area contributed by atoms with Crippen molar-refractivity contribution in [1.82, 2.24) is 0 Å². The van der Waals surface area contributed by atoms with Crippen molar-refractivity contribution >= 4 is 21.4 Å². The molecule has 0 atom stereocenters. The molecule has 0 aliphatic heterocycles. The molecule has 1 aromatic rings. The maximum atomic E-state index is 13.1. The zero-order valence-corrected chi connectivity index (χ0v) is 11.2. The van der Waals surface area contributed by atoms with Crippen LogP contribution in [0, 0.1) is 5.82 Å². The molecule has 0 radical (unpaired) electrons. The van der Waals surface area contributed by atoms with Crippen LogP contribution in [0.15, 0.2) is 48.5 Å². The van der Waals surface area contributed by atoms with Gasteiger partial charge in [0.25, 0.3) is 5.91 Å². The summed E-state index contributed by atoms with van der Waals surface area (Å²) in [4.78, 5) is 12.7. The third kappa shape index (κ3) is 4.33. The fraction of sp³-hybridized carbons (Fsp3) is 0.154. The lowest BCUT2D eigenvalue weighted by Crippen LogP contribution is -2.23. The van der Waals surface area contributed by atoms with E-state index < -0.39 is 21.6 Å². The predicted octanol–water partition coefficient (Wildman–Crippen LogP) is 2.25. The molecule has 0 N–H and O–H groups in total. The number of benzene rings is 1. The molecule has 0 aromatic heterocycles. The van der Waals surface area contributed by atoms with Crippen molar-refractivity contribution in [2.45, 2.75) is 6.92 Å². The summed E-state index contributed by atoms with van der Waals surface area (Å²) in [5.74, 6) is -1.15. The Hall–Kier alpha value is -1.95. The highest BCUT2D eigenvalue weighted by atomic mass is 32.2. The molecule has 0 saturated heterocycles. The van der Waals surface area contributed by atoms with Gasteiger partial charge in [-0.25, -0.2) is 12.8 Å². The maximum absolute atomic E-state index is 13.1. The van der Waals surface area contributed by atoms with Gasteiger partial charge in [0.05, 0.1) is 11.4 Å². The first-order valence-electron chi connectivity index (χ1n) is 5.51. The second-order valence-corrected chi connectivity index (χ2v) is 5.80. The van der Waals surface area contributed by atoms with Crippen molar-refractivity contribution in [3.05, 3.63) is 54.3 Å². The van der Waals surface area contributed by atoms with Gasteiger partial charge in [-0.2, -0.15) is 0 Å². The lowest BCUT2D eigenvalue weighted by atomic mass is 10.3. The molecular formula is C13H14FNO3S. The van der Waals surface area contributed by atoms with Gasteiger partial charge >= 0.3 is 0 Å². The van der Waals surface area contributed by atoms with Crippen LogP contribution in [0.4, 0.5) is 10.1 Å². The molecular weight excluding hydrogens is 269 g/mol. The first-order valence-corrected chi connectivity index (χ1v) is 7.23. The SMILES string of the molecule is C=CC(=O)N(C=CS(=O)(=O)CC)c1cccc(F)c1. The average Bonchev–Trinajstić information content (AvgIpc) is 2.38. The van der Waals surface area contributed by atoms with Gasteiger partial charge in [0.1, 0.15) is 5.82 Å². The Balaban J connectivity index is 3.17. The quantitative estimate of drug-likeness (QED) is 0.779. The molecule has 6 heteroatoms. The standard InChI is InChI=1S/C13H14FNO3S/c1-3-13(16)15(8-9-19(17,18)4-2)12-7-5-6-11(14)10-12/h3,5-10H,1,4H2,2H3. The Labute approximate surface area is 111 Å². The minimum absolute atomic E-state index is 0.0806. The molecule has 0 saturated carbocycles. The van der Waals surface area contributed by atoms with Crippen LogP contribution in [0.2, 0.25) is 0 Å². The molecule has 0 fully saturated rings. The highest BCUT2D eigenvalue weighted by Crippen LogP contribution is 2.17. The van der Waals surface area contributed by atoms with E-state index >= 15 is 0 Å². The molecule has 0 heterocycles. The van der Waals surface area contributed by atoms with Gasteiger partial charge in [-0.3, -0.25) is 9.69 Å². The van der Waals surface area contributed by atoms with Crippen molar-refractivity contribution in [3.8, 4) is 0 Å². The zero-order valence-electron chi connectivity index (χ0n) is 10.4. The second kappa shape index (κ2) is 6.29. The monoisotopic (exact) mass is 283 g/mol. The van der Waals surface area contributed by atoms with Crippen LogP contribution in [-0.4, -0.2) is 20.1 Å². The van der Waals surface area contributed by atoms with Gasteiger partial charge in [-0.1, -0.05) is 19.6 Å². The molecule has 0 spiro atoms. The van der Waals surface area contributed by atoms with Gasteiger partial charge < -0.3 is 0 Å². The third-order valence-corrected chi connectivity index (χ3v) is 3.66. The average molecular weight is 283 g/mol. The number of hydrogen-bond acceptors (Lipinski definition) is 3. The van der Waals surface area contributed by atoms with Gasteiger partial charge in [0.2, 0.25) is 0 Å². The van der Waals surface area contributed by atoms with Crippen LogP contribution >= 0.6 is 0 Å². The Morgan fingerprint density at radius 3 is 2.68 bits per heavy atom. The predicted molar refractivity (Wildman–Crippen MR) is 72.7 cm³/mol. The molecule has 0 aliphatic rings. The topological polar surface area (TPSA) is 54.5 Å². The zero-order chi connectivity index (χ0) is 14.5. The minimum Gasteiger partial charge on any atom is -0.284 e. The van der Waals surface area contributed by atoms with Crippen LogP contribution in [0.5, 0.6) is 0 Å². The van der Waals surface area contributed by atoms with E-state index in [1.54, 1.807) is 0 Å². The summed E-state index contributed by atoms with van der Waals surface area (Å²) in [5.41, 5.74) is 0.229. The maximum Gasteiger partial charge on any atom is 0.254 e. The van der Waals surface area contributed by atoms with Crippen LogP contribution in [0.1, 0.15) is 6.92 Å². The molecule has 102 valence electrons. The molecule has 4 nitrogen and oxygen atoms in total. The Bertz CT molecular complexity index is 608. The van der Waals surface area contributed by atoms with Gasteiger partial charge in [0, 0.05) is 11.6 Å². The van der Waals surface area contributed by atoms with Crippen molar-refractivity contribution in [3.63, 3.8) is 0 Å². The number of amides is 1. The number of carbonyl (C=O) groups is 1. The van der Waals surface area contributed by atoms with Crippen molar-refractivity contribution in [2.75, 3.05) is 10.7 Å². The second-order valence-electron chi connectivity index (χ2n) is 3.63. The number of halogens is 1. The lowest BCUT2D eigenvalue weighted by molar-refractivity contribution is -0.113. The first kappa shape index (κ1) is 15.1. The molecule has 1 rings (SSSR count). The molecule has 0 unspecified atom stereocenters. The Kier molecular flexibility index (Phi) is 5.00. The van der Waals surface area contributed by atoms with Gasteiger partial charge in [-0.05, 0) is 24.3 Å². The normalized spacial score (nSPS) is 11.5. The van der Waals surface area contributed by atoms with Crippen LogP contribution in [0.3, 0.4) is 0 Å². The van der Waals surface area contributed by atoms with E-state index in [-0.39, 0.29) is 11.4 Å². The summed E-state index contributed by atoms with van der Waals surface area (Å²) in [6.07, 6.45) is 2.12. The number of nitrogens with zero attached hydrogens (tertiary/aromatic N) is 1. The van der Waals surface area contributed by atoms with Gasteiger partial charge in [0.15, 0.2) is 9.84 Å². The summed E-state index contributed by atoms with van der Waals surface area (Å²) >= 11 is 0. The van der Waals surface area contributed by atoms with Crippen LogP contribution in [-0.2, 0) is 14.6 Å². The highest BCUT2D eigenvalue weighted by molar-refractivity contribution is 7.94. The minimum atomic E-state index is -3.38. The van der Waals surface area contributed by atoms with E-state index in [4.69, 9.17) is 0 Å². The fourth-order valence-corrected chi connectivity index (χ4v) is 1.76. The summed E-state index contributed by atoms with van der Waals surface area (Å²) in [7, 11) is -3.38. The summed E-state index contributed by atoms with van der Waals surface area (Å²) in [5, 5.41) is 0.916. The molecule has 19 heavy (non-hydrogen) atoms. The van der Waals surface area contributed by atoms with E-state index in [1.165, 1.54) is 25.1 Å². The van der Waals surface area contributed by atoms with E-state index in [0.29, 0.717) is 0 Å². The number of rotatable bonds is 5. The Morgan fingerprint density at radius 1 is 1.47 bits per heavy atom. The number of sulfone groups is 1. The van der Waals surface area contributed by atoms with Crippen molar-refractivity contribution < 1.29 is 17.6 Å². The molecule has 1 amide bonds. The Morgan fingerprint density at radius 2 is 2.16 bits per heavy atom. The lowest BCUT2D eigenvalue weighted by Gasteiger charge is -2.16. The van der Waals surface area contributed by atoms with Crippen LogP contribution in [0.25, 0.3) is 0 Å². The van der Waals surface area contributed by atoms with E-state index in [2.05, 4.69) is 6.58 Å². The van der Waals surface area contributed by atoms with Crippen LogP contribution < -0.4 is 4.90 Å². The summed E-state index contributed by atoms with van der Waals surface area (Å²) < 4.78 is 35.9.